The predicted molar refractivity (Wildman–Crippen MR) is 72.8 cm³/mol. The van der Waals surface area contributed by atoms with Crippen LogP contribution in [0.2, 0.25) is 0 Å². The van der Waals surface area contributed by atoms with E-state index in [0.29, 0.717) is 16.4 Å². The molecule has 0 saturated carbocycles. The van der Waals surface area contributed by atoms with Crippen LogP contribution in [0.3, 0.4) is 0 Å². The highest BCUT2D eigenvalue weighted by Crippen LogP contribution is 2.30. The Bertz CT molecular complexity index is 265. The van der Waals surface area contributed by atoms with Gasteiger partial charge in [0.1, 0.15) is 5.60 Å². The van der Waals surface area contributed by atoms with Crippen LogP contribution in [0.15, 0.2) is 0 Å². The van der Waals surface area contributed by atoms with Crippen molar-refractivity contribution < 1.29 is 9.53 Å². The van der Waals surface area contributed by atoms with Crippen molar-refractivity contribution in [2.45, 2.75) is 43.3 Å². The number of hydrogen-bond donors (Lipinski definition) is 1. The van der Waals surface area contributed by atoms with E-state index in [1.807, 2.05) is 27.7 Å². The van der Waals surface area contributed by atoms with Crippen LogP contribution in [0.5, 0.6) is 0 Å². The second-order valence-corrected chi connectivity index (χ2v) is 6.89. The molecule has 3 unspecified atom stereocenters. The molecule has 4 nitrogen and oxygen atoms in total. The fraction of sp³-hybridized carbons (Fsp3) is 0.909. The first-order valence-electron chi connectivity index (χ1n) is 5.60. The number of ether oxygens (including phenoxy) is 1. The van der Waals surface area contributed by atoms with Crippen molar-refractivity contribution >= 4 is 28.7 Å². The minimum atomic E-state index is -0.432. The Labute approximate surface area is 111 Å². The van der Waals surface area contributed by atoms with E-state index in [2.05, 4.69) is 22.6 Å². The Morgan fingerprint density at radius 1 is 1.56 bits per heavy atom. The van der Waals surface area contributed by atoms with Gasteiger partial charge in [0.2, 0.25) is 0 Å². The smallest absolute Gasteiger partial charge is 0.410 e. The molecule has 1 fully saturated rings. The zero-order valence-corrected chi connectivity index (χ0v) is 12.5. The molecule has 0 bridgehead atoms. The van der Waals surface area contributed by atoms with Crippen LogP contribution in [-0.2, 0) is 4.74 Å². The molecule has 1 aliphatic heterocycles. The van der Waals surface area contributed by atoms with Gasteiger partial charge in [-0.2, -0.15) is 0 Å². The number of likely N-dealkylation sites (tertiary alicyclic amines) is 1. The van der Waals surface area contributed by atoms with Crippen LogP contribution in [-0.4, -0.2) is 39.7 Å². The average Bonchev–Trinajstić information content (AvgIpc) is 2.38. The van der Waals surface area contributed by atoms with Crippen molar-refractivity contribution in [2.75, 3.05) is 13.1 Å². The lowest BCUT2D eigenvalue weighted by molar-refractivity contribution is 0.0224. The maximum Gasteiger partial charge on any atom is 0.410 e. The highest BCUT2D eigenvalue weighted by atomic mass is 127. The van der Waals surface area contributed by atoms with Crippen molar-refractivity contribution in [3.63, 3.8) is 0 Å². The molecule has 5 heteroatoms. The molecular weight excluding hydrogens is 319 g/mol. The molecule has 0 radical (unpaired) electrons. The minimum Gasteiger partial charge on any atom is -0.444 e. The van der Waals surface area contributed by atoms with Crippen LogP contribution < -0.4 is 5.73 Å². The largest absolute Gasteiger partial charge is 0.444 e. The first-order chi connectivity index (χ1) is 7.26. The topological polar surface area (TPSA) is 55.6 Å². The zero-order chi connectivity index (χ0) is 12.5. The fourth-order valence-corrected chi connectivity index (χ4v) is 3.25. The van der Waals surface area contributed by atoms with Gasteiger partial charge >= 0.3 is 6.09 Å². The summed E-state index contributed by atoms with van der Waals surface area (Å²) in [6.07, 6.45) is -0.224. The molecule has 0 aromatic carbocycles. The molecule has 0 aromatic rings. The summed E-state index contributed by atoms with van der Waals surface area (Å²) in [4.78, 5) is 13.7. The van der Waals surface area contributed by atoms with Gasteiger partial charge in [0, 0.05) is 22.4 Å². The van der Waals surface area contributed by atoms with Gasteiger partial charge in [0.15, 0.2) is 0 Å². The monoisotopic (exact) mass is 340 g/mol. The number of carbonyl (C=O) groups is 1. The zero-order valence-electron chi connectivity index (χ0n) is 10.4. The van der Waals surface area contributed by atoms with E-state index in [-0.39, 0.29) is 12.1 Å². The lowest BCUT2D eigenvalue weighted by atomic mass is 10.0. The number of rotatable bonds is 1. The maximum absolute atomic E-state index is 11.9. The normalized spacial score (nSPS) is 30.6. The molecule has 1 rings (SSSR count). The molecule has 3 atom stereocenters. The lowest BCUT2D eigenvalue weighted by Gasteiger charge is -2.28. The molecule has 0 spiro atoms. The first kappa shape index (κ1) is 14.0. The Morgan fingerprint density at radius 2 is 2.12 bits per heavy atom. The second-order valence-electron chi connectivity index (χ2n) is 5.29. The summed E-state index contributed by atoms with van der Waals surface area (Å²) in [5, 5.41) is 0. The standard InChI is InChI=1S/C11H21IN2O2/c1-7-8(5-13)9(12)6-14(7)10(15)16-11(2,3)4/h7-9H,5-6,13H2,1-4H3. The summed E-state index contributed by atoms with van der Waals surface area (Å²) in [6, 6.07) is 0.168. The van der Waals surface area contributed by atoms with Crippen LogP contribution in [0.4, 0.5) is 4.79 Å². The molecule has 1 amide bonds. The highest BCUT2D eigenvalue weighted by molar-refractivity contribution is 14.1. The fourth-order valence-electron chi connectivity index (χ4n) is 1.93. The van der Waals surface area contributed by atoms with E-state index in [4.69, 9.17) is 10.5 Å². The molecule has 0 aliphatic carbocycles. The number of halogens is 1. The third-order valence-corrected chi connectivity index (χ3v) is 4.16. The summed E-state index contributed by atoms with van der Waals surface area (Å²) in [5.74, 6) is 0.369. The summed E-state index contributed by atoms with van der Waals surface area (Å²) in [6.45, 7) is 9.04. The van der Waals surface area contributed by atoms with Crippen LogP contribution in [0.25, 0.3) is 0 Å². The third kappa shape index (κ3) is 3.23. The van der Waals surface area contributed by atoms with Gasteiger partial charge in [-0.05, 0) is 34.2 Å². The summed E-state index contributed by atoms with van der Waals surface area (Å²) in [7, 11) is 0. The molecule has 16 heavy (non-hydrogen) atoms. The van der Waals surface area contributed by atoms with E-state index >= 15 is 0 Å². The number of alkyl halides is 1. The minimum absolute atomic E-state index is 0.168. The van der Waals surface area contributed by atoms with Crippen molar-refractivity contribution in [3.05, 3.63) is 0 Å². The van der Waals surface area contributed by atoms with Gasteiger partial charge in [0.05, 0.1) is 0 Å². The highest BCUT2D eigenvalue weighted by Gasteiger charge is 2.40. The quantitative estimate of drug-likeness (QED) is 0.587. The average molecular weight is 340 g/mol. The van der Waals surface area contributed by atoms with Crippen molar-refractivity contribution in [3.8, 4) is 0 Å². The van der Waals surface area contributed by atoms with E-state index in [1.54, 1.807) is 4.90 Å². The molecule has 0 aromatic heterocycles. The van der Waals surface area contributed by atoms with Crippen molar-refractivity contribution in [1.29, 1.82) is 0 Å². The van der Waals surface area contributed by atoms with E-state index in [1.165, 1.54) is 0 Å². The molecule has 1 saturated heterocycles. The molecule has 2 N–H and O–H groups in total. The van der Waals surface area contributed by atoms with Crippen molar-refractivity contribution in [2.24, 2.45) is 11.7 Å². The summed E-state index contributed by atoms with van der Waals surface area (Å²) in [5.41, 5.74) is 5.29. The van der Waals surface area contributed by atoms with Crippen molar-refractivity contribution in [1.82, 2.24) is 4.90 Å². The maximum atomic E-state index is 11.9. The van der Waals surface area contributed by atoms with E-state index in [9.17, 15) is 4.79 Å². The van der Waals surface area contributed by atoms with Gasteiger partial charge in [-0.15, -0.1) is 0 Å². The number of carbonyl (C=O) groups excluding carboxylic acids is 1. The van der Waals surface area contributed by atoms with E-state index in [0.717, 1.165) is 6.54 Å². The number of amides is 1. The first-order valence-corrected chi connectivity index (χ1v) is 6.84. The SMILES string of the molecule is CC1C(CN)C(I)CN1C(=O)OC(C)(C)C. The predicted octanol–water partition coefficient (Wildman–Crippen LogP) is 2.00. The lowest BCUT2D eigenvalue weighted by Crippen LogP contribution is -2.40. The summed E-state index contributed by atoms with van der Waals surface area (Å²) < 4.78 is 5.80. The molecule has 94 valence electrons. The molecule has 1 aliphatic rings. The van der Waals surface area contributed by atoms with Crippen LogP contribution in [0, 0.1) is 5.92 Å². The Morgan fingerprint density at radius 3 is 2.50 bits per heavy atom. The van der Waals surface area contributed by atoms with Gasteiger partial charge in [-0.1, -0.05) is 22.6 Å². The number of hydrogen-bond acceptors (Lipinski definition) is 3. The van der Waals surface area contributed by atoms with Gasteiger partial charge in [0.25, 0.3) is 0 Å². The van der Waals surface area contributed by atoms with Crippen LogP contribution in [0.1, 0.15) is 27.7 Å². The Kier molecular flexibility index (Phi) is 4.45. The van der Waals surface area contributed by atoms with Gasteiger partial charge in [-0.25, -0.2) is 4.79 Å². The second kappa shape index (κ2) is 5.08. The van der Waals surface area contributed by atoms with E-state index < -0.39 is 5.60 Å². The summed E-state index contributed by atoms with van der Waals surface area (Å²) >= 11 is 2.37. The van der Waals surface area contributed by atoms with Crippen LogP contribution >= 0.6 is 22.6 Å². The molecule has 1 heterocycles. The number of nitrogens with two attached hydrogens (primary N) is 1. The third-order valence-electron chi connectivity index (χ3n) is 2.85. The number of nitrogens with zero attached hydrogens (tertiary/aromatic N) is 1. The Balaban J connectivity index is 2.65. The Hall–Kier alpha value is -0.0400. The molecular formula is C11H21IN2O2. The van der Waals surface area contributed by atoms with Gasteiger partial charge in [-0.3, -0.25) is 0 Å². The van der Waals surface area contributed by atoms with Gasteiger partial charge < -0.3 is 15.4 Å².